The number of anilines is 3. The van der Waals surface area contributed by atoms with Crippen LogP contribution in [0.3, 0.4) is 0 Å². The third-order valence-corrected chi connectivity index (χ3v) is 9.20. The molecule has 0 N–H and O–H groups in total. The lowest BCUT2D eigenvalue weighted by molar-refractivity contribution is 1.12. The largest absolute Gasteiger partial charge is 0.310 e. The number of benzene rings is 6. The summed E-state index contributed by atoms with van der Waals surface area (Å²) < 4.78 is 2.64. The molecule has 0 fully saturated rings. The Kier molecular flexibility index (Phi) is 5.53. The predicted molar refractivity (Wildman–Crippen MR) is 174 cm³/mol. The number of hydrogen-bond donors (Lipinski definition) is 0. The molecule has 0 unspecified atom stereocenters. The Labute approximate surface area is 237 Å². The summed E-state index contributed by atoms with van der Waals surface area (Å²) in [5.74, 6) is 0. The molecule has 0 spiro atoms. The summed E-state index contributed by atoms with van der Waals surface area (Å²) in [6.07, 6.45) is 7.00. The first-order valence-corrected chi connectivity index (χ1v) is 14.7. The van der Waals surface area contributed by atoms with Crippen LogP contribution in [-0.2, 0) is 0 Å². The molecule has 40 heavy (non-hydrogen) atoms. The lowest BCUT2D eigenvalue weighted by Crippen LogP contribution is -2.27. The fourth-order valence-electron chi connectivity index (χ4n) is 6.09. The normalized spacial score (nSPS) is 12.7. The molecule has 8 rings (SSSR count). The van der Waals surface area contributed by atoms with E-state index in [1.807, 2.05) is 11.3 Å². The molecule has 1 aliphatic carbocycles. The molecule has 0 saturated heterocycles. The lowest BCUT2D eigenvalue weighted by atomic mass is 10.00. The highest BCUT2D eigenvalue weighted by Gasteiger charge is 2.16. The van der Waals surface area contributed by atoms with Gasteiger partial charge in [-0.3, -0.25) is 0 Å². The molecule has 1 aliphatic rings. The summed E-state index contributed by atoms with van der Waals surface area (Å²) in [6.45, 7) is 0. The zero-order valence-electron chi connectivity index (χ0n) is 22.0. The van der Waals surface area contributed by atoms with Gasteiger partial charge in [0.15, 0.2) is 0 Å². The highest BCUT2D eigenvalue weighted by molar-refractivity contribution is 7.25. The first-order chi connectivity index (χ1) is 19.8. The van der Waals surface area contributed by atoms with Gasteiger partial charge in [0, 0.05) is 37.2 Å². The van der Waals surface area contributed by atoms with Gasteiger partial charge in [-0.2, -0.15) is 0 Å². The summed E-state index contributed by atoms with van der Waals surface area (Å²) in [6, 6.07) is 46.7. The SMILES string of the molecule is C1=c2ccc3ccc(N(c4ccc(-c5ccccc5)cc4)c4ccc5c(c4)sc4ccccc45)cc3c2=CCC1. The van der Waals surface area contributed by atoms with Gasteiger partial charge in [-0.25, -0.2) is 0 Å². The molecule has 1 nitrogen and oxygen atoms in total. The number of hydrogen-bond acceptors (Lipinski definition) is 2. The van der Waals surface area contributed by atoms with Crippen LogP contribution >= 0.6 is 11.3 Å². The van der Waals surface area contributed by atoms with Crippen molar-refractivity contribution in [3.8, 4) is 11.1 Å². The fraction of sp³-hybridized carbons (Fsp3) is 0.0526. The Balaban J connectivity index is 1.33. The van der Waals surface area contributed by atoms with E-state index in [1.54, 1.807) is 0 Å². The van der Waals surface area contributed by atoms with Crippen LogP contribution in [0, 0.1) is 0 Å². The van der Waals surface area contributed by atoms with Crippen molar-refractivity contribution in [1.29, 1.82) is 0 Å². The van der Waals surface area contributed by atoms with Crippen molar-refractivity contribution in [1.82, 2.24) is 0 Å². The number of nitrogens with zero attached hydrogens (tertiary/aromatic N) is 1. The smallest absolute Gasteiger partial charge is 0.0476 e. The molecule has 0 radical (unpaired) electrons. The van der Waals surface area contributed by atoms with Gasteiger partial charge in [0.1, 0.15) is 0 Å². The molecule has 0 amide bonds. The molecule has 0 bridgehead atoms. The Bertz CT molecular complexity index is 2150. The molecule has 6 aromatic carbocycles. The van der Waals surface area contributed by atoms with Crippen LogP contribution in [0.5, 0.6) is 0 Å². The molecular formula is C38H27NS. The minimum absolute atomic E-state index is 1.10. The molecule has 0 aliphatic heterocycles. The third kappa shape index (κ3) is 3.92. The third-order valence-electron chi connectivity index (χ3n) is 8.07. The molecule has 1 aromatic heterocycles. The average Bonchev–Trinajstić information content (AvgIpc) is 3.40. The fourth-order valence-corrected chi connectivity index (χ4v) is 7.23. The van der Waals surface area contributed by atoms with Gasteiger partial charge in [0.25, 0.3) is 0 Å². The molecule has 0 atom stereocenters. The minimum atomic E-state index is 1.10. The highest BCUT2D eigenvalue weighted by atomic mass is 32.1. The van der Waals surface area contributed by atoms with Crippen molar-refractivity contribution in [3.05, 3.63) is 138 Å². The number of thiophene rings is 1. The minimum Gasteiger partial charge on any atom is -0.310 e. The van der Waals surface area contributed by atoms with Crippen molar-refractivity contribution < 1.29 is 0 Å². The van der Waals surface area contributed by atoms with Gasteiger partial charge in [-0.1, -0.05) is 97.1 Å². The Morgan fingerprint density at radius 3 is 2.05 bits per heavy atom. The van der Waals surface area contributed by atoms with E-state index >= 15 is 0 Å². The van der Waals surface area contributed by atoms with Crippen molar-refractivity contribution in [2.24, 2.45) is 0 Å². The van der Waals surface area contributed by atoms with Crippen molar-refractivity contribution in [2.45, 2.75) is 12.8 Å². The number of fused-ring (bicyclic) bond motifs is 6. The van der Waals surface area contributed by atoms with E-state index < -0.39 is 0 Å². The first-order valence-electron chi connectivity index (χ1n) is 13.9. The van der Waals surface area contributed by atoms with Crippen molar-refractivity contribution >= 4 is 71.5 Å². The average molecular weight is 530 g/mol. The van der Waals surface area contributed by atoms with E-state index in [1.165, 1.54) is 63.9 Å². The maximum atomic E-state index is 2.41. The zero-order valence-corrected chi connectivity index (χ0v) is 22.9. The van der Waals surface area contributed by atoms with E-state index in [9.17, 15) is 0 Å². The molecule has 7 aromatic rings. The van der Waals surface area contributed by atoms with Gasteiger partial charge in [0.05, 0.1) is 0 Å². The van der Waals surface area contributed by atoms with E-state index in [4.69, 9.17) is 0 Å². The Hall–Kier alpha value is -4.66. The van der Waals surface area contributed by atoms with E-state index in [2.05, 4.69) is 144 Å². The number of rotatable bonds is 4. The second kappa shape index (κ2) is 9.51. The van der Waals surface area contributed by atoms with Gasteiger partial charge in [-0.15, -0.1) is 11.3 Å². The van der Waals surface area contributed by atoms with Crippen molar-refractivity contribution in [3.63, 3.8) is 0 Å². The summed E-state index contributed by atoms with van der Waals surface area (Å²) in [7, 11) is 0. The van der Waals surface area contributed by atoms with Gasteiger partial charge < -0.3 is 4.90 Å². The molecule has 1 heterocycles. The summed E-state index contributed by atoms with van der Waals surface area (Å²) >= 11 is 1.87. The van der Waals surface area contributed by atoms with Crippen LogP contribution in [0.4, 0.5) is 17.1 Å². The van der Waals surface area contributed by atoms with E-state index in [0.29, 0.717) is 0 Å². The maximum Gasteiger partial charge on any atom is 0.0476 e. The van der Waals surface area contributed by atoms with Gasteiger partial charge >= 0.3 is 0 Å². The van der Waals surface area contributed by atoms with Gasteiger partial charge in [0.2, 0.25) is 0 Å². The summed E-state index contributed by atoms with van der Waals surface area (Å²) in [4.78, 5) is 2.41. The zero-order chi connectivity index (χ0) is 26.5. The van der Waals surface area contributed by atoms with Crippen LogP contribution in [0.15, 0.2) is 127 Å². The second-order valence-electron chi connectivity index (χ2n) is 10.5. The summed E-state index contributed by atoms with van der Waals surface area (Å²) in [5, 5.41) is 7.97. The standard InChI is InChI=1S/C38H27NS/c1-2-8-26(9-3-1)27-16-19-30(20-17-27)39(32-22-23-35-34-12-6-7-13-37(34)40-38(35)25-32)31-21-18-29-15-14-28-10-4-5-11-33(28)36(29)24-31/h1-3,6-25H,4-5H2. The first kappa shape index (κ1) is 23.2. The van der Waals surface area contributed by atoms with Crippen molar-refractivity contribution in [2.75, 3.05) is 4.90 Å². The maximum absolute atomic E-state index is 2.41. The lowest BCUT2D eigenvalue weighted by Gasteiger charge is -2.26. The van der Waals surface area contributed by atoms with Crippen LogP contribution in [0.2, 0.25) is 0 Å². The van der Waals surface area contributed by atoms with Crippen LogP contribution in [0.25, 0.3) is 54.2 Å². The predicted octanol–water partition coefficient (Wildman–Crippen LogP) is 9.70. The highest BCUT2D eigenvalue weighted by Crippen LogP contribution is 2.41. The second-order valence-corrected chi connectivity index (χ2v) is 11.6. The van der Waals surface area contributed by atoms with Crippen LogP contribution < -0.4 is 15.3 Å². The Morgan fingerprint density at radius 1 is 0.475 bits per heavy atom. The molecule has 2 heteroatoms. The van der Waals surface area contributed by atoms with Gasteiger partial charge in [-0.05, 0) is 87.6 Å². The quantitative estimate of drug-likeness (QED) is 0.219. The van der Waals surface area contributed by atoms with E-state index in [0.717, 1.165) is 18.5 Å². The molecule has 190 valence electrons. The van der Waals surface area contributed by atoms with Crippen LogP contribution in [-0.4, -0.2) is 0 Å². The molecule has 0 saturated carbocycles. The molecular weight excluding hydrogens is 502 g/mol. The summed E-state index contributed by atoms with van der Waals surface area (Å²) in [5.41, 5.74) is 5.96. The van der Waals surface area contributed by atoms with E-state index in [-0.39, 0.29) is 0 Å². The van der Waals surface area contributed by atoms with Crippen LogP contribution in [0.1, 0.15) is 12.8 Å². The topological polar surface area (TPSA) is 3.24 Å². The Morgan fingerprint density at radius 2 is 1.15 bits per heavy atom. The monoisotopic (exact) mass is 529 g/mol.